The van der Waals surface area contributed by atoms with Crippen LogP contribution in [0.4, 0.5) is 0 Å². The van der Waals surface area contributed by atoms with Crippen LogP contribution in [-0.4, -0.2) is 17.0 Å². The van der Waals surface area contributed by atoms with Gasteiger partial charge in [-0.2, -0.15) is 0 Å². The lowest BCUT2D eigenvalue weighted by Gasteiger charge is -2.38. The van der Waals surface area contributed by atoms with Gasteiger partial charge in [-0.1, -0.05) is 42.5 Å². The molecule has 1 spiro atoms. The Morgan fingerprint density at radius 2 is 1.67 bits per heavy atom. The summed E-state index contributed by atoms with van der Waals surface area (Å²) >= 11 is 0. The fourth-order valence-electron chi connectivity index (χ4n) is 3.68. The third-order valence-corrected chi connectivity index (χ3v) is 4.68. The van der Waals surface area contributed by atoms with Crippen molar-refractivity contribution >= 4 is 0 Å². The minimum Gasteiger partial charge on any atom is -0.293 e. The molecular formula is C17H23N. The van der Waals surface area contributed by atoms with Crippen LogP contribution in [-0.2, 0) is 6.54 Å². The van der Waals surface area contributed by atoms with Crippen LogP contribution in [0.5, 0.6) is 0 Å². The van der Waals surface area contributed by atoms with Crippen molar-refractivity contribution in [1.82, 2.24) is 4.90 Å². The predicted molar refractivity (Wildman–Crippen MR) is 76.4 cm³/mol. The molecule has 1 heteroatoms. The van der Waals surface area contributed by atoms with Gasteiger partial charge in [-0.05, 0) is 50.6 Å². The van der Waals surface area contributed by atoms with Crippen molar-refractivity contribution in [3.8, 4) is 0 Å². The van der Waals surface area contributed by atoms with Crippen LogP contribution in [0.15, 0.2) is 42.5 Å². The molecule has 1 aromatic rings. The summed E-state index contributed by atoms with van der Waals surface area (Å²) in [4.78, 5) is 2.76. The van der Waals surface area contributed by atoms with E-state index < -0.39 is 0 Å². The average Bonchev–Trinajstić information content (AvgIpc) is 2.63. The summed E-state index contributed by atoms with van der Waals surface area (Å²) in [5, 5.41) is 0. The molecule has 0 bridgehead atoms. The van der Waals surface area contributed by atoms with Crippen molar-refractivity contribution in [2.75, 3.05) is 6.54 Å². The molecule has 0 aromatic heterocycles. The summed E-state index contributed by atoms with van der Waals surface area (Å²) < 4.78 is 0. The van der Waals surface area contributed by atoms with Crippen LogP contribution in [0.25, 0.3) is 0 Å². The maximum absolute atomic E-state index is 2.76. The number of likely N-dealkylation sites (tertiary alicyclic amines) is 1. The van der Waals surface area contributed by atoms with Gasteiger partial charge in [-0.15, -0.1) is 0 Å². The summed E-state index contributed by atoms with van der Waals surface area (Å²) in [6.45, 7) is 2.43. The zero-order chi connectivity index (χ0) is 12.3. The Morgan fingerprint density at radius 3 is 2.39 bits per heavy atom. The SMILES string of the molecule is C1=CCCC2(CC1)CCCN2Cc1ccccc1. The maximum atomic E-state index is 2.76. The molecule has 1 saturated heterocycles. The third-order valence-electron chi connectivity index (χ3n) is 4.68. The predicted octanol–water partition coefficient (Wildman–Crippen LogP) is 4.15. The van der Waals surface area contributed by atoms with Crippen molar-refractivity contribution in [3.63, 3.8) is 0 Å². The summed E-state index contributed by atoms with van der Waals surface area (Å²) in [5.74, 6) is 0. The first kappa shape index (κ1) is 12.0. The van der Waals surface area contributed by atoms with Gasteiger partial charge in [0.25, 0.3) is 0 Å². The Hall–Kier alpha value is -1.08. The monoisotopic (exact) mass is 241 g/mol. The number of allylic oxidation sites excluding steroid dienone is 2. The molecule has 0 saturated carbocycles. The molecular weight excluding hydrogens is 218 g/mol. The molecule has 96 valence electrons. The van der Waals surface area contributed by atoms with E-state index in [1.54, 1.807) is 0 Å². The van der Waals surface area contributed by atoms with E-state index in [4.69, 9.17) is 0 Å². The Kier molecular flexibility index (Phi) is 3.51. The molecule has 18 heavy (non-hydrogen) atoms. The van der Waals surface area contributed by atoms with Gasteiger partial charge in [0.05, 0.1) is 0 Å². The van der Waals surface area contributed by atoms with Gasteiger partial charge in [0, 0.05) is 12.1 Å². The minimum absolute atomic E-state index is 0.499. The third kappa shape index (κ3) is 2.37. The highest BCUT2D eigenvalue weighted by atomic mass is 15.2. The lowest BCUT2D eigenvalue weighted by Crippen LogP contribution is -2.42. The van der Waals surface area contributed by atoms with Crippen LogP contribution in [0.3, 0.4) is 0 Å². The minimum atomic E-state index is 0.499. The van der Waals surface area contributed by atoms with Gasteiger partial charge >= 0.3 is 0 Å². The molecule has 0 N–H and O–H groups in total. The summed E-state index contributed by atoms with van der Waals surface area (Å²) in [6.07, 6.45) is 12.8. The van der Waals surface area contributed by atoms with E-state index in [-0.39, 0.29) is 0 Å². The quantitative estimate of drug-likeness (QED) is 0.703. The lowest BCUT2D eigenvalue weighted by atomic mass is 9.87. The summed E-state index contributed by atoms with van der Waals surface area (Å²) in [6, 6.07) is 11.0. The summed E-state index contributed by atoms with van der Waals surface area (Å²) in [7, 11) is 0. The topological polar surface area (TPSA) is 3.24 Å². The van der Waals surface area contributed by atoms with Crippen LogP contribution >= 0.6 is 0 Å². The van der Waals surface area contributed by atoms with Gasteiger partial charge in [0.2, 0.25) is 0 Å². The van der Waals surface area contributed by atoms with Gasteiger partial charge < -0.3 is 0 Å². The molecule has 1 aromatic carbocycles. The first-order valence-electron chi connectivity index (χ1n) is 7.33. The molecule has 1 nitrogen and oxygen atoms in total. The largest absolute Gasteiger partial charge is 0.293 e. The molecule has 1 fully saturated rings. The van der Waals surface area contributed by atoms with Gasteiger partial charge in [0.15, 0.2) is 0 Å². The van der Waals surface area contributed by atoms with E-state index in [9.17, 15) is 0 Å². The fraction of sp³-hybridized carbons (Fsp3) is 0.529. The zero-order valence-corrected chi connectivity index (χ0v) is 11.1. The van der Waals surface area contributed by atoms with E-state index in [0.717, 1.165) is 6.54 Å². The standard InChI is InChI=1S/C17H23N/c1-2-7-12-17(11-6-1)13-8-14-18(17)15-16-9-4-3-5-10-16/h1-5,9-10H,6-8,11-15H2. The Labute approximate surface area is 111 Å². The van der Waals surface area contributed by atoms with Gasteiger partial charge in [0.1, 0.15) is 0 Å². The number of rotatable bonds is 2. The molecule has 1 aliphatic heterocycles. The first-order chi connectivity index (χ1) is 8.89. The van der Waals surface area contributed by atoms with Gasteiger partial charge in [-0.3, -0.25) is 4.90 Å². The van der Waals surface area contributed by atoms with Crippen LogP contribution in [0, 0.1) is 0 Å². The lowest BCUT2D eigenvalue weighted by molar-refractivity contribution is 0.112. The normalized spacial score (nSPS) is 23.3. The molecule has 0 radical (unpaired) electrons. The van der Waals surface area contributed by atoms with E-state index in [1.165, 1.54) is 50.6 Å². The number of hydrogen-bond acceptors (Lipinski definition) is 1. The molecule has 0 unspecified atom stereocenters. The maximum Gasteiger partial charge on any atom is 0.0239 e. The number of nitrogens with zero attached hydrogens (tertiary/aromatic N) is 1. The van der Waals surface area contributed by atoms with Gasteiger partial charge in [-0.25, -0.2) is 0 Å². The van der Waals surface area contributed by atoms with Crippen molar-refractivity contribution < 1.29 is 0 Å². The summed E-state index contributed by atoms with van der Waals surface area (Å²) in [5.41, 5.74) is 1.97. The van der Waals surface area contributed by atoms with Crippen LogP contribution in [0.2, 0.25) is 0 Å². The number of hydrogen-bond donors (Lipinski definition) is 0. The molecule has 0 atom stereocenters. The van der Waals surface area contributed by atoms with E-state index in [1.807, 2.05) is 0 Å². The Balaban J connectivity index is 1.74. The van der Waals surface area contributed by atoms with Crippen molar-refractivity contribution in [3.05, 3.63) is 48.0 Å². The Bertz CT molecular complexity index is 397. The molecule has 1 heterocycles. The highest BCUT2D eigenvalue weighted by molar-refractivity contribution is 5.16. The van der Waals surface area contributed by atoms with Crippen LogP contribution < -0.4 is 0 Å². The fourth-order valence-corrected chi connectivity index (χ4v) is 3.68. The van der Waals surface area contributed by atoms with E-state index >= 15 is 0 Å². The second-order valence-corrected chi connectivity index (χ2v) is 5.78. The van der Waals surface area contributed by atoms with E-state index in [0.29, 0.717) is 5.54 Å². The second kappa shape index (κ2) is 5.27. The average molecular weight is 241 g/mol. The molecule has 3 rings (SSSR count). The van der Waals surface area contributed by atoms with E-state index in [2.05, 4.69) is 47.4 Å². The number of benzene rings is 1. The van der Waals surface area contributed by atoms with Crippen molar-refractivity contribution in [2.45, 2.75) is 50.6 Å². The molecule has 0 amide bonds. The second-order valence-electron chi connectivity index (χ2n) is 5.78. The Morgan fingerprint density at radius 1 is 0.944 bits per heavy atom. The van der Waals surface area contributed by atoms with Crippen molar-refractivity contribution in [1.29, 1.82) is 0 Å². The highest BCUT2D eigenvalue weighted by Gasteiger charge is 2.39. The van der Waals surface area contributed by atoms with Crippen LogP contribution in [0.1, 0.15) is 44.1 Å². The molecule has 2 aliphatic rings. The first-order valence-corrected chi connectivity index (χ1v) is 7.33. The highest BCUT2D eigenvalue weighted by Crippen LogP contribution is 2.40. The van der Waals surface area contributed by atoms with Crippen molar-refractivity contribution in [2.24, 2.45) is 0 Å². The smallest absolute Gasteiger partial charge is 0.0239 e. The molecule has 1 aliphatic carbocycles. The zero-order valence-electron chi connectivity index (χ0n) is 11.1.